The Morgan fingerprint density at radius 3 is 2.36 bits per heavy atom. The SMILES string of the molecule is CCN(CCS(=O)(=O)O)C(=O)CCC(C)C1CCC2C3C(O)C[C@@H]4C[C@H](O)CC[C@]4(C)C3CC[C@]12C. The molecule has 208 valence electrons. The maximum Gasteiger partial charge on any atom is 0.266 e. The lowest BCUT2D eigenvalue weighted by Crippen LogP contribution is -2.58. The van der Waals surface area contributed by atoms with Gasteiger partial charge in [-0.1, -0.05) is 20.8 Å². The molecule has 0 aromatic heterocycles. The summed E-state index contributed by atoms with van der Waals surface area (Å²) < 4.78 is 31.3. The summed E-state index contributed by atoms with van der Waals surface area (Å²) in [6.45, 7) is 9.45. The van der Waals surface area contributed by atoms with Gasteiger partial charge >= 0.3 is 0 Å². The van der Waals surface area contributed by atoms with E-state index in [-0.39, 0.29) is 35.5 Å². The molecule has 0 heterocycles. The number of carbonyl (C=O) groups is 1. The molecule has 0 aliphatic heterocycles. The quantitative estimate of drug-likeness (QED) is 0.409. The topological polar surface area (TPSA) is 115 Å². The first kappa shape index (κ1) is 28.3. The molecule has 0 radical (unpaired) electrons. The highest BCUT2D eigenvalue weighted by Gasteiger charge is 2.62. The second-order valence-electron chi connectivity index (χ2n) is 13.2. The summed E-state index contributed by atoms with van der Waals surface area (Å²) in [4.78, 5) is 14.3. The second-order valence-corrected chi connectivity index (χ2v) is 14.8. The van der Waals surface area contributed by atoms with Gasteiger partial charge in [-0.05, 0) is 111 Å². The van der Waals surface area contributed by atoms with E-state index in [1.165, 1.54) is 11.3 Å². The summed E-state index contributed by atoms with van der Waals surface area (Å²) in [5.41, 5.74) is 0.406. The molecule has 4 fully saturated rings. The van der Waals surface area contributed by atoms with Gasteiger partial charge in [0.05, 0.1) is 18.0 Å². The third-order valence-corrected chi connectivity index (χ3v) is 12.3. The summed E-state index contributed by atoms with van der Waals surface area (Å²) in [7, 11) is -4.08. The van der Waals surface area contributed by atoms with Gasteiger partial charge in [-0.3, -0.25) is 9.35 Å². The number of hydrogen-bond donors (Lipinski definition) is 3. The van der Waals surface area contributed by atoms with E-state index >= 15 is 0 Å². The third kappa shape index (κ3) is 5.26. The van der Waals surface area contributed by atoms with Crippen molar-refractivity contribution in [2.45, 2.75) is 104 Å². The average Bonchev–Trinajstić information content (AvgIpc) is 3.15. The first-order valence-corrected chi connectivity index (χ1v) is 16.0. The fourth-order valence-electron chi connectivity index (χ4n) is 9.57. The molecule has 3 N–H and O–H groups in total. The molecule has 4 rings (SSSR count). The van der Waals surface area contributed by atoms with Crippen LogP contribution in [0.3, 0.4) is 0 Å². The number of hydrogen-bond acceptors (Lipinski definition) is 5. The Hall–Kier alpha value is -0.700. The highest BCUT2D eigenvalue weighted by molar-refractivity contribution is 7.85. The molecular weight excluding hydrogens is 478 g/mol. The smallest absolute Gasteiger partial charge is 0.266 e. The van der Waals surface area contributed by atoms with Crippen molar-refractivity contribution in [3.05, 3.63) is 0 Å². The molecule has 0 aromatic carbocycles. The average molecular weight is 528 g/mol. The highest BCUT2D eigenvalue weighted by atomic mass is 32.2. The van der Waals surface area contributed by atoms with Crippen LogP contribution in [0, 0.1) is 46.3 Å². The minimum atomic E-state index is -4.08. The Morgan fingerprint density at radius 2 is 1.69 bits per heavy atom. The molecular formula is C28H49NO6S. The molecule has 4 aliphatic rings. The van der Waals surface area contributed by atoms with Gasteiger partial charge < -0.3 is 15.1 Å². The zero-order valence-corrected chi connectivity index (χ0v) is 23.5. The normalized spacial score (nSPS) is 43.2. The van der Waals surface area contributed by atoms with Crippen molar-refractivity contribution >= 4 is 16.0 Å². The Kier molecular flexibility index (Phi) is 8.23. The van der Waals surface area contributed by atoms with Gasteiger partial charge in [-0.15, -0.1) is 0 Å². The van der Waals surface area contributed by atoms with Gasteiger partial charge in [-0.25, -0.2) is 0 Å². The van der Waals surface area contributed by atoms with Crippen LogP contribution >= 0.6 is 0 Å². The van der Waals surface area contributed by atoms with Crippen molar-refractivity contribution in [3.8, 4) is 0 Å². The lowest BCUT2D eigenvalue weighted by molar-refractivity contribution is -0.174. The van der Waals surface area contributed by atoms with Gasteiger partial charge in [0.2, 0.25) is 5.91 Å². The van der Waals surface area contributed by atoms with E-state index in [0.717, 1.165) is 51.4 Å². The lowest BCUT2D eigenvalue weighted by Gasteiger charge is -2.62. The Morgan fingerprint density at radius 1 is 1.03 bits per heavy atom. The largest absolute Gasteiger partial charge is 0.393 e. The van der Waals surface area contributed by atoms with E-state index in [0.29, 0.717) is 48.5 Å². The molecule has 7 nitrogen and oxygen atoms in total. The number of rotatable bonds is 8. The minimum Gasteiger partial charge on any atom is -0.393 e. The van der Waals surface area contributed by atoms with Crippen LogP contribution in [0.25, 0.3) is 0 Å². The van der Waals surface area contributed by atoms with Crippen molar-refractivity contribution in [1.29, 1.82) is 0 Å². The molecule has 4 aliphatic carbocycles. The monoisotopic (exact) mass is 527 g/mol. The summed E-state index contributed by atoms with van der Waals surface area (Å²) >= 11 is 0. The van der Waals surface area contributed by atoms with Gasteiger partial charge in [0.15, 0.2) is 0 Å². The fourth-order valence-corrected chi connectivity index (χ4v) is 10.0. The predicted molar refractivity (Wildman–Crippen MR) is 140 cm³/mol. The van der Waals surface area contributed by atoms with Crippen LogP contribution in [0.5, 0.6) is 0 Å². The van der Waals surface area contributed by atoms with Crippen LogP contribution < -0.4 is 0 Å². The highest BCUT2D eigenvalue weighted by Crippen LogP contribution is 2.68. The number of amides is 1. The Labute approximate surface area is 218 Å². The van der Waals surface area contributed by atoms with Gasteiger partial charge in [0, 0.05) is 19.5 Å². The lowest BCUT2D eigenvalue weighted by atomic mass is 9.43. The number of fused-ring (bicyclic) bond motifs is 5. The number of aliphatic hydroxyl groups excluding tert-OH is 2. The Bertz CT molecular complexity index is 910. The summed E-state index contributed by atoms with van der Waals surface area (Å²) in [6.07, 6.45) is 8.94. The molecule has 10 atom stereocenters. The Balaban J connectivity index is 1.41. The molecule has 8 heteroatoms. The van der Waals surface area contributed by atoms with Gasteiger partial charge in [0.1, 0.15) is 0 Å². The van der Waals surface area contributed by atoms with Crippen molar-refractivity contribution in [3.63, 3.8) is 0 Å². The van der Waals surface area contributed by atoms with E-state index < -0.39 is 15.9 Å². The van der Waals surface area contributed by atoms with Gasteiger partial charge in [0.25, 0.3) is 10.1 Å². The maximum absolute atomic E-state index is 12.8. The number of aliphatic hydroxyl groups is 2. The molecule has 0 spiro atoms. The van der Waals surface area contributed by atoms with Crippen molar-refractivity contribution in [2.24, 2.45) is 46.3 Å². The van der Waals surface area contributed by atoms with Crippen LogP contribution in [0.1, 0.15) is 91.9 Å². The first-order valence-electron chi connectivity index (χ1n) is 14.4. The molecule has 6 unspecified atom stereocenters. The summed E-state index contributed by atoms with van der Waals surface area (Å²) in [6, 6.07) is 0. The molecule has 0 aromatic rings. The van der Waals surface area contributed by atoms with E-state index in [1.54, 1.807) is 0 Å². The van der Waals surface area contributed by atoms with Crippen LogP contribution in [0.4, 0.5) is 0 Å². The molecule has 36 heavy (non-hydrogen) atoms. The van der Waals surface area contributed by atoms with Crippen LogP contribution in [-0.4, -0.2) is 65.0 Å². The molecule has 1 amide bonds. The maximum atomic E-state index is 12.8. The van der Waals surface area contributed by atoms with Crippen LogP contribution in [0.2, 0.25) is 0 Å². The molecule has 0 saturated heterocycles. The van der Waals surface area contributed by atoms with E-state index in [9.17, 15) is 23.4 Å². The molecule has 0 bridgehead atoms. The fraction of sp³-hybridized carbons (Fsp3) is 0.964. The standard InChI is InChI=1S/C28H49NO6S/c1-5-29(14-15-36(33,34)35)25(32)9-6-18(2)21-7-8-22-26-23(11-13-28(21,22)4)27(3)12-10-20(30)16-19(27)17-24(26)31/h18-24,26,30-31H,5-17H2,1-4H3,(H,33,34,35)/t18?,19-,20+,21?,22?,23?,24?,26?,27-,28+/m0/s1. The zero-order valence-electron chi connectivity index (χ0n) is 22.7. The summed E-state index contributed by atoms with van der Waals surface area (Å²) in [5, 5.41) is 21.7. The van der Waals surface area contributed by atoms with E-state index in [1.807, 2.05) is 6.92 Å². The van der Waals surface area contributed by atoms with Gasteiger partial charge in [-0.2, -0.15) is 8.42 Å². The van der Waals surface area contributed by atoms with E-state index in [2.05, 4.69) is 20.8 Å². The number of nitrogens with zero attached hydrogens (tertiary/aromatic N) is 1. The van der Waals surface area contributed by atoms with Crippen molar-refractivity contribution in [2.75, 3.05) is 18.8 Å². The van der Waals surface area contributed by atoms with E-state index in [4.69, 9.17) is 4.55 Å². The molecule has 4 saturated carbocycles. The number of carbonyl (C=O) groups excluding carboxylic acids is 1. The third-order valence-electron chi connectivity index (χ3n) is 11.6. The summed E-state index contributed by atoms with van der Waals surface area (Å²) in [5.74, 6) is 2.26. The minimum absolute atomic E-state index is 0.0313. The van der Waals surface area contributed by atoms with Crippen LogP contribution in [-0.2, 0) is 14.9 Å². The predicted octanol–water partition coefficient (Wildman–Crippen LogP) is 4.13. The van der Waals surface area contributed by atoms with Crippen molar-refractivity contribution < 1.29 is 28.0 Å². The van der Waals surface area contributed by atoms with Crippen molar-refractivity contribution in [1.82, 2.24) is 4.90 Å². The second kappa shape index (κ2) is 10.5. The van der Waals surface area contributed by atoms with Crippen LogP contribution in [0.15, 0.2) is 0 Å². The zero-order chi connectivity index (χ0) is 26.5. The first-order chi connectivity index (χ1) is 16.8.